The number of aliphatic hydroxyl groups excluding tert-OH is 1. The maximum absolute atomic E-state index is 13.3. The van der Waals surface area contributed by atoms with Gasteiger partial charge in [-0.15, -0.1) is 0 Å². The zero-order chi connectivity index (χ0) is 14.7. The quantitative estimate of drug-likeness (QED) is 0.876. The Kier molecular flexibility index (Phi) is 4.14. The van der Waals surface area contributed by atoms with Crippen molar-refractivity contribution in [2.75, 3.05) is 6.61 Å². The number of carboxylic acids is 1. The van der Waals surface area contributed by atoms with Gasteiger partial charge in [0.05, 0.1) is 5.69 Å². The number of aromatic nitrogens is 2. The number of rotatable bonds is 5. The van der Waals surface area contributed by atoms with Crippen molar-refractivity contribution in [3.8, 4) is 5.69 Å². The summed E-state index contributed by atoms with van der Waals surface area (Å²) in [6.07, 6.45) is 2.43. The van der Waals surface area contributed by atoms with Crippen LogP contribution in [0, 0.1) is 12.7 Å². The van der Waals surface area contributed by atoms with E-state index < -0.39 is 11.8 Å². The molecule has 6 heteroatoms. The van der Waals surface area contributed by atoms with Gasteiger partial charge < -0.3 is 10.2 Å². The summed E-state index contributed by atoms with van der Waals surface area (Å²) in [4.78, 5) is 11.2. The maximum Gasteiger partial charge on any atom is 0.356 e. The van der Waals surface area contributed by atoms with Crippen molar-refractivity contribution < 1.29 is 19.4 Å². The molecule has 20 heavy (non-hydrogen) atoms. The molecule has 106 valence electrons. The van der Waals surface area contributed by atoms with Crippen molar-refractivity contribution in [2.45, 2.75) is 19.8 Å². The van der Waals surface area contributed by atoms with Crippen molar-refractivity contribution in [3.05, 3.63) is 47.0 Å². The molecule has 0 aliphatic rings. The molecular formula is C14H15FN2O3. The molecule has 0 aliphatic heterocycles. The lowest BCUT2D eigenvalue weighted by Crippen LogP contribution is -2.04. The molecule has 5 nitrogen and oxygen atoms in total. The predicted octanol–water partition coefficient (Wildman–Crippen LogP) is 1.94. The van der Waals surface area contributed by atoms with Crippen LogP contribution in [0.15, 0.2) is 24.4 Å². The Labute approximate surface area is 115 Å². The Morgan fingerprint density at radius 2 is 2.20 bits per heavy atom. The Morgan fingerprint density at radius 3 is 2.85 bits per heavy atom. The molecule has 0 unspecified atom stereocenters. The molecule has 0 saturated heterocycles. The molecule has 0 amide bonds. The van der Waals surface area contributed by atoms with E-state index >= 15 is 0 Å². The first-order valence-electron chi connectivity index (χ1n) is 6.22. The number of aromatic carboxylic acids is 1. The van der Waals surface area contributed by atoms with Gasteiger partial charge in [-0.2, -0.15) is 5.10 Å². The fourth-order valence-electron chi connectivity index (χ4n) is 1.99. The molecule has 2 aromatic rings. The lowest BCUT2D eigenvalue weighted by molar-refractivity contribution is 0.0688. The summed E-state index contributed by atoms with van der Waals surface area (Å²) in [6, 6.07) is 4.26. The van der Waals surface area contributed by atoms with E-state index in [9.17, 15) is 9.18 Å². The third-order valence-corrected chi connectivity index (χ3v) is 3.01. The van der Waals surface area contributed by atoms with E-state index in [2.05, 4.69) is 5.10 Å². The molecule has 1 heterocycles. The highest BCUT2D eigenvalue weighted by molar-refractivity contribution is 5.87. The van der Waals surface area contributed by atoms with E-state index in [1.54, 1.807) is 19.2 Å². The fourth-order valence-corrected chi connectivity index (χ4v) is 1.99. The molecule has 0 saturated carbocycles. The van der Waals surface area contributed by atoms with Crippen LogP contribution in [0.3, 0.4) is 0 Å². The minimum atomic E-state index is -1.13. The van der Waals surface area contributed by atoms with E-state index in [-0.39, 0.29) is 12.3 Å². The SMILES string of the molecule is Cc1ccc(F)cc1-n1cc(CCCO)c(C(=O)O)n1. The van der Waals surface area contributed by atoms with Crippen LogP contribution >= 0.6 is 0 Å². The summed E-state index contributed by atoms with van der Waals surface area (Å²) < 4.78 is 14.7. The van der Waals surface area contributed by atoms with Gasteiger partial charge in [0.1, 0.15) is 5.82 Å². The Bertz CT molecular complexity index is 637. The zero-order valence-electron chi connectivity index (χ0n) is 11.0. The third-order valence-electron chi connectivity index (χ3n) is 3.01. The standard InChI is InChI=1S/C14H15FN2O3/c1-9-4-5-11(15)7-12(9)17-8-10(3-2-6-18)13(16-17)14(19)20/h4-5,7-8,18H,2-3,6H2,1H3,(H,19,20). The molecular weight excluding hydrogens is 263 g/mol. The number of aryl methyl sites for hydroxylation is 2. The average molecular weight is 278 g/mol. The van der Waals surface area contributed by atoms with Crippen LogP contribution in [-0.2, 0) is 6.42 Å². The molecule has 0 bridgehead atoms. The van der Waals surface area contributed by atoms with Crippen LogP contribution in [0.2, 0.25) is 0 Å². The van der Waals surface area contributed by atoms with E-state index in [4.69, 9.17) is 10.2 Å². The van der Waals surface area contributed by atoms with Crippen LogP contribution in [-0.4, -0.2) is 32.6 Å². The van der Waals surface area contributed by atoms with Crippen LogP contribution in [0.1, 0.15) is 28.0 Å². The molecule has 0 radical (unpaired) electrons. The summed E-state index contributed by atoms with van der Waals surface area (Å²) in [6.45, 7) is 1.77. The lowest BCUT2D eigenvalue weighted by Gasteiger charge is -2.05. The Hall–Kier alpha value is -2.21. The summed E-state index contributed by atoms with van der Waals surface area (Å²) in [5, 5.41) is 22.0. The smallest absolute Gasteiger partial charge is 0.356 e. The number of carbonyl (C=O) groups is 1. The second kappa shape index (κ2) is 5.83. The van der Waals surface area contributed by atoms with Crippen molar-refractivity contribution >= 4 is 5.97 Å². The Morgan fingerprint density at radius 1 is 1.45 bits per heavy atom. The minimum absolute atomic E-state index is 0.0246. The highest BCUT2D eigenvalue weighted by Gasteiger charge is 2.17. The van der Waals surface area contributed by atoms with Crippen LogP contribution in [0.25, 0.3) is 5.69 Å². The number of aliphatic hydroxyl groups is 1. The highest BCUT2D eigenvalue weighted by atomic mass is 19.1. The van der Waals surface area contributed by atoms with Gasteiger partial charge in [0.15, 0.2) is 5.69 Å². The summed E-state index contributed by atoms with van der Waals surface area (Å²) in [5.41, 5.74) is 1.75. The van der Waals surface area contributed by atoms with Crippen LogP contribution in [0.4, 0.5) is 4.39 Å². The van der Waals surface area contributed by atoms with Crippen molar-refractivity contribution in [1.29, 1.82) is 0 Å². The predicted molar refractivity (Wildman–Crippen MR) is 70.6 cm³/mol. The molecule has 0 atom stereocenters. The fraction of sp³-hybridized carbons (Fsp3) is 0.286. The maximum atomic E-state index is 13.3. The molecule has 1 aromatic heterocycles. The van der Waals surface area contributed by atoms with Gasteiger partial charge in [0.2, 0.25) is 0 Å². The first-order chi connectivity index (χ1) is 9.52. The van der Waals surface area contributed by atoms with Crippen molar-refractivity contribution in [1.82, 2.24) is 9.78 Å². The molecule has 0 aliphatic carbocycles. The minimum Gasteiger partial charge on any atom is -0.476 e. The largest absolute Gasteiger partial charge is 0.476 e. The summed E-state index contributed by atoms with van der Waals surface area (Å²) in [7, 11) is 0. The van der Waals surface area contributed by atoms with Gasteiger partial charge in [-0.1, -0.05) is 6.07 Å². The number of hydrogen-bond acceptors (Lipinski definition) is 3. The van der Waals surface area contributed by atoms with Gasteiger partial charge in [0, 0.05) is 18.4 Å². The Balaban J connectivity index is 2.47. The molecule has 2 N–H and O–H groups in total. The molecule has 0 spiro atoms. The number of carboxylic acid groups (broad SMARTS) is 1. The van der Waals surface area contributed by atoms with E-state index in [0.29, 0.717) is 24.1 Å². The molecule has 1 aromatic carbocycles. The number of halogens is 1. The monoisotopic (exact) mass is 278 g/mol. The van der Waals surface area contributed by atoms with Gasteiger partial charge in [-0.05, 0) is 37.5 Å². The van der Waals surface area contributed by atoms with Crippen molar-refractivity contribution in [3.63, 3.8) is 0 Å². The van der Waals surface area contributed by atoms with E-state index in [1.807, 2.05) is 0 Å². The normalized spacial score (nSPS) is 10.8. The number of benzene rings is 1. The van der Waals surface area contributed by atoms with Gasteiger partial charge in [-0.3, -0.25) is 0 Å². The average Bonchev–Trinajstić information content (AvgIpc) is 2.83. The van der Waals surface area contributed by atoms with Gasteiger partial charge in [0.25, 0.3) is 0 Å². The highest BCUT2D eigenvalue weighted by Crippen LogP contribution is 2.18. The summed E-state index contributed by atoms with van der Waals surface area (Å²) >= 11 is 0. The molecule has 0 fully saturated rings. The van der Waals surface area contributed by atoms with Crippen LogP contribution in [0.5, 0.6) is 0 Å². The first kappa shape index (κ1) is 14.2. The molecule has 2 rings (SSSR count). The van der Waals surface area contributed by atoms with E-state index in [1.165, 1.54) is 16.8 Å². The number of nitrogens with zero attached hydrogens (tertiary/aromatic N) is 2. The number of hydrogen-bond donors (Lipinski definition) is 2. The van der Waals surface area contributed by atoms with E-state index in [0.717, 1.165) is 5.56 Å². The van der Waals surface area contributed by atoms with Crippen molar-refractivity contribution in [2.24, 2.45) is 0 Å². The topological polar surface area (TPSA) is 75.4 Å². The first-order valence-corrected chi connectivity index (χ1v) is 6.22. The second-order valence-electron chi connectivity index (χ2n) is 4.51. The lowest BCUT2D eigenvalue weighted by atomic mass is 10.1. The third kappa shape index (κ3) is 2.85. The van der Waals surface area contributed by atoms with Gasteiger partial charge in [-0.25, -0.2) is 13.9 Å². The van der Waals surface area contributed by atoms with Gasteiger partial charge >= 0.3 is 5.97 Å². The van der Waals surface area contributed by atoms with Crippen LogP contribution < -0.4 is 0 Å². The zero-order valence-corrected chi connectivity index (χ0v) is 11.0. The summed E-state index contributed by atoms with van der Waals surface area (Å²) in [5.74, 6) is -1.54. The second-order valence-corrected chi connectivity index (χ2v) is 4.51.